The zero-order chi connectivity index (χ0) is 10.6. The van der Waals surface area contributed by atoms with E-state index >= 15 is 0 Å². The van der Waals surface area contributed by atoms with Crippen LogP contribution in [-0.2, 0) is 13.8 Å². The molecule has 0 aromatic rings. The second kappa shape index (κ2) is 4.55. The van der Waals surface area contributed by atoms with Crippen LogP contribution in [0, 0.1) is 0 Å². The van der Waals surface area contributed by atoms with Crippen molar-refractivity contribution in [1.29, 1.82) is 0 Å². The van der Waals surface area contributed by atoms with Gasteiger partial charge in [-0.15, -0.1) is 4.52 Å². The summed E-state index contributed by atoms with van der Waals surface area (Å²) in [6.45, 7) is 1.63. The van der Waals surface area contributed by atoms with Gasteiger partial charge in [0.15, 0.2) is 12.3 Å². The van der Waals surface area contributed by atoms with Crippen molar-refractivity contribution in [1.82, 2.24) is 5.32 Å². The van der Waals surface area contributed by atoms with Crippen LogP contribution in [0.2, 0.25) is 0 Å². The van der Waals surface area contributed by atoms with Crippen LogP contribution in [0.4, 0.5) is 0 Å². The molecule has 0 spiro atoms. The Morgan fingerprint density at radius 1 is 1.71 bits per heavy atom. The maximum absolute atomic E-state index is 10.2. The van der Waals surface area contributed by atoms with Gasteiger partial charge in [0, 0.05) is 11.8 Å². The molecule has 0 fully saturated rings. The summed E-state index contributed by atoms with van der Waals surface area (Å²) < 4.78 is 19.9. The number of allylic oxidation sites excluding steroid dienone is 1. The molecule has 0 bridgehead atoms. The molecule has 6 heteroatoms. The number of hydrogen-bond acceptors (Lipinski definition) is 5. The third-order valence-electron chi connectivity index (χ3n) is 2.11. The highest BCUT2D eigenvalue weighted by Crippen LogP contribution is 2.23. The maximum Gasteiger partial charge on any atom is 0.494 e. The fraction of sp³-hybridized carbons (Fsp3) is 0.500. The van der Waals surface area contributed by atoms with Crippen molar-refractivity contribution < 1.29 is 18.9 Å². The second-order valence-corrected chi connectivity index (χ2v) is 3.36. The Morgan fingerprint density at radius 3 is 3.00 bits per heavy atom. The van der Waals surface area contributed by atoms with Crippen LogP contribution < -0.4 is 5.32 Å². The molecule has 78 valence electrons. The SMILES string of the molecule is COC1=C(C)C(O)(CO[PH+]=O)NC=C1. The average molecular weight is 218 g/mol. The Balaban J connectivity index is 2.84. The van der Waals surface area contributed by atoms with Gasteiger partial charge in [-0.2, -0.15) is 0 Å². The van der Waals surface area contributed by atoms with Crippen LogP contribution in [0.25, 0.3) is 0 Å². The molecule has 0 saturated carbocycles. The van der Waals surface area contributed by atoms with Gasteiger partial charge in [0.05, 0.1) is 7.11 Å². The van der Waals surface area contributed by atoms with Crippen molar-refractivity contribution in [2.45, 2.75) is 12.6 Å². The van der Waals surface area contributed by atoms with Crippen molar-refractivity contribution in [3.05, 3.63) is 23.6 Å². The van der Waals surface area contributed by atoms with Crippen LogP contribution in [0.15, 0.2) is 23.6 Å². The molecule has 5 nitrogen and oxygen atoms in total. The fourth-order valence-corrected chi connectivity index (χ4v) is 1.47. The lowest BCUT2D eigenvalue weighted by Gasteiger charge is -2.30. The highest BCUT2D eigenvalue weighted by molar-refractivity contribution is 7.17. The van der Waals surface area contributed by atoms with Crippen molar-refractivity contribution >= 4 is 8.69 Å². The summed E-state index contributed by atoms with van der Waals surface area (Å²) in [5, 5.41) is 12.7. The number of hydrogen-bond donors (Lipinski definition) is 2. The Bertz CT molecular complexity index is 289. The highest BCUT2D eigenvalue weighted by atomic mass is 31.1. The van der Waals surface area contributed by atoms with Crippen molar-refractivity contribution in [3.63, 3.8) is 0 Å². The molecule has 0 aromatic heterocycles. The number of dihydropyridines is 1. The van der Waals surface area contributed by atoms with Gasteiger partial charge in [-0.3, -0.25) is 0 Å². The summed E-state index contributed by atoms with van der Waals surface area (Å²) in [5.74, 6) is 0.573. The van der Waals surface area contributed by atoms with Crippen LogP contribution in [0.3, 0.4) is 0 Å². The zero-order valence-electron chi connectivity index (χ0n) is 8.03. The largest absolute Gasteiger partial charge is 0.497 e. The molecular formula is C8H13NO4P+. The Labute approximate surface area is 83.7 Å². The molecular weight excluding hydrogens is 205 g/mol. The van der Waals surface area contributed by atoms with Crippen LogP contribution in [-0.4, -0.2) is 24.5 Å². The first-order valence-electron chi connectivity index (χ1n) is 4.05. The topological polar surface area (TPSA) is 67.8 Å². The first-order valence-corrected chi connectivity index (χ1v) is 4.86. The molecule has 0 radical (unpaired) electrons. The van der Waals surface area contributed by atoms with Crippen LogP contribution in [0.1, 0.15) is 6.92 Å². The van der Waals surface area contributed by atoms with Crippen molar-refractivity contribution in [3.8, 4) is 0 Å². The predicted molar refractivity (Wildman–Crippen MR) is 51.9 cm³/mol. The van der Waals surface area contributed by atoms with Gasteiger partial charge in [-0.1, -0.05) is 0 Å². The van der Waals surface area contributed by atoms with E-state index in [1.807, 2.05) is 0 Å². The van der Waals surface area contributed by atoms with Gasteiger partial charge in [0.1, 0.15) is 5.76 Å². The number of aliphatic hydroxyl groups is 1. The van der Waals surface area contributed by atoms with E-state index in [1.165, 1.54) is 7.11 Å². The van der Waals surface area contributed by atoms with Crippen molar-refractivity contribution in [2.24, 2.45) is 0 Å². The van der Waals surface area contributed by atoms with Gasteiger partial charge in [-0.25, -0.2) is 0 Å². The molecule has 0 aliphatic carbocycles. The molecule has 0 aromatic carbocycles. The van der Waals surface area contributed by atoms with E-state index < -0.39 is 14.4 Å². The van der Waals surface area contributed by atoms with Gasteiger partial charge >= 0.3 is 8.69 Å². The fourth-order valence-electron chi connectivity index (χ4n) is 1.20. The lowest BCUT2D eigenvalue weighted by atomic mass is 10.0. The van der Waals surface area contributed by atoms with E-state index in [9.17, 15) is 9.67 Å². The van der Waals surface area contributed by atoms with E-state index in [-0.39, 0.29) is 6.61 Å². The monoisotopic (exact) mass is 218 g/mol. The highest BCUT2D eigenvalue weighted by Gasteiger charge is 2.34. The summed E-state index contributed by atoms with van der Waals surface area (Å²) in [5.41, 5.74) is -0.738. The minimum absolute atomic E-state index is 0.0853. The minimum Gasteiger partial charge on any atom is -0.497 e. The number of rotatable bonds is 4. The van der Waals surface area contributed by atoms with Gasteiger partial charge in [0.2, 0.25) is 0 Å². The summed E-state index contributed by atoms with van der Waals surface area (Å²) in [6.07, 6.45) is 3.26. The molecule has 0 amide bonds. The van der Waals surface area contributed by atoms with E-state index in [0.717, 1.165) is 0 Å². The zero-order valence-corrected chi connectivity index (χ0v) is 9.03. The van der Waals surface area contributed by atoms with E-state index in [1.54, 1.807) is 19.2 Å². The molecule has 1 aliphatic rings. The lowest BCUT2D eigenvalue weighted by molar-refractivity contribution is 0.00721. The smallest absolute Gasteiger partial charge is 0.494 e. The number of nitrogens with one attached hydrogen (secondary N) is 1. The van der Waals surface area contributed by atoms with E-state index in [4.69, 9.17) is 4.74 Å². The maximum atomic E-state index is 10.2. The first kappa shape index (κ1) is 11.2. The molecule has 14 heavy (non-hydrogen) atoms. The molecule has 0 saturated heterocycles. The molecule has 1 heterocycles. The van der Waals surface area contributed by atoms with Crippen molar-refractivity contribution in [2.75, 3.05) is 13.7 Å². The molecule has 2 atom stereocenters. The third-order valence-corrected chi connectivity index (χ3v) is 2.37. The molecule has 2 unspecified atom stereocenters. The summed E-state index contributed by atoms with van der Waals surface area (Å²) in [4.78, 5) is 0. The summed E-state index contributed by atoms with van der Waals surface area (Å²) in [7, 11) is 0.627. The van der Waals surface area contributed by atoms with Gasteiger partial charge in [0.25, 0.3) is 0 Å². The van der Waals surface area contributed by atoms with Gasteiger partial charge in [-0.05, 0) is 17.6 Å². The lowest BCUT2D eigenvalue weighted by Crippen LogP contribution is -2.49. The van der Waals surface area contributed by atoms with Crippen LogP contribution in [0.5, 0.6) is 0 Å². The molecule has 1 aliphatic heterocycles. The summed E-state index contributed by atoms with van der Waals surface area (Å²) >= 11 is 0. The molecule has 1 rings (SSSR count). The minimum atomic E-state index is -1.34. The third kappa shape index (κ3) is 2.12. The van der Waals surface area contributed by atoms with Gasteiger partial charge < -0.3 is 15.2 Å². The van der Waals surface area contributed by atoms with E-state index in [0.29, 0.717) is 11.3 Å². The Morgan fingerprint density at radius 2 is 2.43 bits per heavy atom. The first-order chi connectivity index (χ1) is 6.64. The predicted octanol–water partition coefficient (Wildman–Crippen LogP) is 0.668. The average Bonchev–Trinajstić information content (AvgIpc) is 2.20. The number of ether oxygens (including phenoxy) is 1. The van der Waals surface area contributed by atoms with E-state index in [2.05, 4.69) is 9.84 Å². The number of methoxy groups -OCH3 is 1. The Kier molecular flexibility index (Phi) is 3.63. The quantitative estimate of drug-likeness (QED) is 0.679. The standard InChI is InChI=1S/C8H13NO4P/c1-6-7(12-2)3-4-9-8(6,10)5-13-14-11/h3-4,9-10,14H,5H2,1-2H3/q+1. The Hall–Kier alpha value is -0.900. The van der Waals surface area contributed by atoms with Crippen LogP contribution >= 0.6 is 8.69 Å². The molecule has 2 N–H and O–H groups in total. The summed E-state index contributed by atoms with van der Waals surface area (Å²) in [6, 6.07) is 0. The normalized spacial score (nSPS) is 26.5. The second-order valence-electron chi connectivity index (χ2n) is 2.90.